The Balaban J connectivity index is 1.47. The molecule has 1 fully saturated rings. The maximum atomic E-state index is 12.2. The van der Waals surface area contributed by atoms with Crippen LogP contribution >= 0.6 is 0 Å². The lowest BCUT2D eigenvalue weighted by atomic mass is 9.95. The van der Waals surface area contributed by atoms with Crippen molar-refractivity contribution in [2.75, 3.05) is 19.7 Å². The maximum Gasteiger partial charge on any atom is 0.410 e. The van der Waals surface area contributed by atoms with Crippen LogP contribution in [0.2, 0.25) is 0 Å². The minimum Gasteiger partial charge on any atom is -0.450 e. The van der Waals surface area contributed by atoms with Crippen LogP contribution in [-0.4, -0.2) is 41.3 Å². The number of rotatable bonds is 4. The van der Waals surface area contributed by atoms with Gasteiger partial charge in [0.25, 0.3) is 0 Å². The highest BCUT2D eigenvalue weighted by molar-refractivity contribution is 5.72. The van der Waals surface area contributed by atoms with Gasteiger partial charge in [-0.15, -0.1) is 0 Å². The molecule has 1 amide bonds. The third kappa shape index (κ3) is 4.87. The fraction of sp³-hybridized carbons (Fsp3) is 0.579. The molecular weight excluding hydrogens is 320 g/mol. The zero-order chi connectivity index (χ0) is 17.9. The predicted octanol–water partition coefficient (Wildman–Crippen LogP) is 4.24. The van der Waals surface area contributed by atoms with E-state index in [1.807, 2.05) is 45.0 Å². The standard InChI is InChI=1S/C19H26N2O4/c1-19(2,3)25-18(22)21-11-6-7-14(13-21)10-12-23-17-20-15-8-4-5-9-16(15)24-17/h4-5,8-9,14H,6-7,10-13H2,1-3H3/t14-/m1/s1. The third-order valence-corrected chi connectivity index (χ3v) is 4.20. The molecule has 0 radical (unpaired) electrons. The Hall–Kier alpha value is -2.24. The van der Waals surface area contributed by atoms with Gasteiger partial charge < -0.3 is 18.8 Å². The lowest BCUT2D eigenvalue weighted by Crippen LogP contribution is -2.43. The SMILES string of the molecule is CC(C)(C)OC(=O)N1CCC[C@H](CCOc2nc3ccccc3o2)C1. The summed E-state index contributed by atoms with van der Waals surface area (Å²) in [4.78, 5) is 18.3. The highest BCUT2D eigenvalue weighted by Crippen LogP contribution is 2.23. The highest BCUT2D eigenvalue weighted by atomic mass is 16.6. The van der Waals surface area contributed by atoms with Crippen LogP contribution in [0, 0.1) is 5.92 Å². The molecule has 136 valence electrons. The van der Waals surface area contributed by atoms with Crippen molar-refractivity contribution in [3.63, 3.8) is 0 Å². The molecule has 25 heavy (non-hydrogen) atoms. The van der Waals surface area contributed by atoms with E-state index in [2.05, 4.69) is 4.98 Å². The van der Waals surface area contributed by atoms with Gasteiger partial charge in [0.15, 0.2) is 5.58 Å². The topological polar surface area (TPSA) is 64.8 Å². The summed E-state index contributed by atoms with van der Waals surface area (Å²) in [5.41, 5.74) is 1.07. The second-order valence-electron chi connectivity index (χ2n) is 7.52. The Kier molecular flexibility index (Phi) is 5.16. The molecule has 6 heteroatoms. The first-order valence-corrected chi connectivity index (χ1v) is 8.87. The molecular formula is C19H26N2O4. The van der Waals surface area contributed by atoms with Gasteiger partial charge in [-0.3, -0.25) is 0 Å². The van der Waals surface area contributed by atoms with Crippen LogP contribution in [0.3, 0.4) is 0 Å². The Bertz CT molecular complexity index is 687. The summed E-state index contributed by atoms with van der Waals surface area (Å²) in [5, 5.41) is 0. The molecule has 1 aliphatic heterocycles. The van der Waals surface area contributed by atoms with Gasteiger partial charge in [-0.05, 0) is 58.1 Å². The van der Waals surface area contributed by atoms with Gasteiger partial charge in [-0.1, -0.05) is 12.1 Å². The number of amides is 1. The van der Waals surface area contributed by atoms with Crippen molar-refractivity contribution in [3.05, 3.63) is 24.3 Å². The summed E-state index contributed by atoms with van der Waals surface area (Å²) >= 11 is 0. The van der Waals surface area contributed by atoms with E-state index in [-0.39, 0.29) is 6.09 Å². The van der Waals surface area contributed by atoms with E-state index in [0.717, 1.165) is 36.9 Å². The quantitative estimate of drug-likeness (QED) is 0.828. The first kappa shape index (κ1) is 17.6. The number of carbonyl (C=O) groups is 1. The van der Waals surface area contributed by atoms with E-state index in [1.54, 1.807) is 4.90 Å². The first-order chi connectivity index (χ1) is 11.9. The van der Waals surface area contributed by atoms with Crippen LogP contribution in [0.25, 0.3) is 11.1 Å². The van der Waals surface area contributed by atoms with Gasteiger partial charge in [0, 0.05) is 13.1 Å². The second kappa shape index (κ2) is 7.33. The van der Waals surface area contributed by atoms with E-state index in [9.17, 15) is 4.79 Å². The summed E-state index contributed by atoms with van der Waals surface area (Å²) < 4.78 is 16.7. The maximum absolute atomic E-state index is 12.2. The fourth-order valence-electron chi connectivity index (χ4n) is 3.02. The number of oxazole rings is 1. The molecule has 3 rings (SSSR count). The van der Waals surface area contributed by atoms with Crippen LogP contribution in [0.4, 0.5) is 4.79 Å². The zero-order valence-electron chi connectivity index (χ0n) is 15.2. The number of likely N-dealkylation sites (tertiary alicyclic amines) is 1. The second-order valence-corrected chi connectivity index (χ2v) is 7.52. The molecule has 1 aliphatic rings. The van der Waals surface area contributed by atoms with Gasteiger partial charge in [-0.25, -0.2) is 4.79 Å². The molecule has 0 saturated carbocycles. The molecule has 1 aromatic carbocycles. The van der Waals surface area contributed by atoms with Crippen molar-refractivity contribution in [2.24, 2.45) is 5.92 Å². The van der Waals surface area contributed by atoms with E-state index in [4.69, 9.17) is 13.9 Å². The predicted molar refractivity (Wildman–Crippen MR) is 94.7 cm³/mol. The number of hydrogen-bond donors (Lipinski definition) is 0. The van der Waals surface area contributed by atoms with Crippen molar-refractivity contribution in [2.45, 2.75) is 45.6 Å². The molecule has 1 saturated heterocycles. The molecule has 0 N–H and O–H groups in total. The molecule has 0 aliphatic carbocycles. The largest absolute Gasteiger partial charge is 0.450 e. The summed E-state index contributed by atoms with van der Waals surface area (Å²) in [5.74, 6) is 0.408. The molecule has 2 heterocycles. The number of aromatic nitrogens is 1. The van der Waals surface area contributed by atoms with Crippen LogP contribution in [-0.2, 0) is 4.74 Å². The molecule has 2 aromatic rings. The zero-order valence-corrected chi connectivity index (χ0v) is 15.2. The molecule has 0 unspecified atom stereocenters. The van der Waals surface area contributed by atoms with Crippen LogP contribution in [0.15, 0.2) is 28.7 Å². The van der Waals surface area contributed by atoms with Crippen molar-refractivity contribution in [1.82, 2.24) is 9.88 Å². The van der Waals surface area contributed by atoms with Gasteiger partial charge >= 0.3 is 12.2 Å². The van der Waals surface area contributed by atoms with E-state index in [1.165, 1.54) is 0 Å². The Morgan fingerprint density at radius 3 is 2.92 bits per heavy atom. The minimum absolute atomic E-state index is 0.225. The van der Waals surface area contributed by atoms with Crippen LogP contribution in [0.5, 0.6) is 6.08 Å². The first-order valence-electron chi connectivity index (χ1n) is 8.87. The average molecular weight is 346 g/mol. The van der Waals surface area contributed by atoms with Gasteiger partial charge in [0.1, 0.15) is 11.1 Å². The van der Waals surface area contributed by atoms with Crippen LogP contribution in [0.1, 0.15) is 40.0 Å². The molecule has 1 atom stereocenters. The van der Waals surface area contributed by atoms with E-state index in [0.29, 0.717) is 25.1 Å². The number of carbonyl (C=O) groups excluding carboxylic acids is 1. The third-order valence-electron chi connectivity index (χ3n) is 4.20. The summed E-state index contributed by atoms with van der Waals surface area (Å²) in [7, 11) is 0. The fourth-order valence-corrected chi connectivity index (χ4v) is 3.02. The summed E-state index contributed by atoms with van der Waals surface area (Å²) in [6.07, 6.45) is 3.03. The van der Waals surface area contributed by atoms with E-state index < -0.39 is 5.60 Å². The lowest BCUT2D eigenvalue weighted by Gasteiger charge is -2.34. The molecule has 0 bridgehead atoms. The van der Waals surface area contributed by atoms with Gasteiger partial charge in [0.2, 0.25) is 0 Å². The van der Waals surface area contributed by atoms with Crippen molar-refractivity contribution in [1.29, 1.82) is 0 Å². The van der Waals surface area contributed by atoms with Crippen molar-refractivity contribution < 1.29 is 18.7 Å². The van der Waals surface area contributed by atoms with Crippen molar-refractivity contribution in [3.8, 4) is 6.08 Å². The lowest BCUT2D eigenvalue weighted by molar-refractivity contribution is 0.0152. The minimum atomic E-state index is -0.458. The number of para-hydroxylation sites is 2. The Morgan fingerprint density at radius 2 is 2.16 bits per heavy atom. The Morgan fingerprint density at radius 1 is 1.36 bits per heavy atom. The monoisotopic (exact) mass is 346 g/mol. The van der Waals surface area contributed by atoms with Crippen LogP contribution < -0.4 is 4.74 Å². The number of ether oxygens (including phenoxy) is 2. The molecule has 0 spiro atoms. The van der Waals surface area contributed by atoms with Gasteiger partial charge in [-0.2, -0.15) is 4.98 Å². The average Bonchev–Trinajstić information content (AvgIpc) is 2.96. The number of fused-ring (bicyclic) bond motifs is 1. The van der Waals surface area contributed by atoms with Crippen molar-refractivity contribution >= 4 is 17.2 Å². The smallest absolute Gasteiger partial charge is 0.410 e. The number of nitrogens with zero attached hydrogens (tertiary/aromatic N) is 2. The normalized spacial score (nSPS) is 18.4. The summed E-state index contributed by atoms with van der Waals surface area (Å²) in [6, 6.07) is 7.59. The van der Waals surface area contributed by atoms with E-state index >= 15 is 0 Å². The highest BCUT2D eigenvalue weighted by Gasteiger charge is 2.27. The number of piperidine rings is 1. The molecule has 6 nitrogen and oxygen atoms in total. The summed E-state index contributed by atoms with van der Waals surface area (Å²) in [6.45, 7) is 7.67. The van der Waals surface area contributed by atoms with Gasteiger partial charge in [0.05, 0.1) is 6.61 Å². The Labute approximate surface area is 148 Å². The number of hydrogen-bond acceptors (Lipinski definition) is 5. The number of benzene rings is 1. The molecule has 1 aromatic heterocycles.